The van der Waals surface area contributed by atoms with Gasteiger partial charge in [-0.2, -0.15) is 0 Å². The predicted octanol–water partition coefficient (Wildman–Crippen LogP) is 3.73. The number of nitrogens with one attached hydrogen (secondary N) is 2. The molecule has 0 atom stereocenters. The van der Waals surface area contributed by atoms with Gasteiger partial charge < -0.3 is 10.6 Å². The van der Waals surface area contributed by atoms with Gasteiger partial charge in [0, 0.05) is 30.0 Å². The number of hydrogen-bond donors (Lipinski definition) is 2. The third kappa shape index (κ3) is 3.65. The van der Waals surface area contributed by atoms with Gasteiger partial charge in [0.15, 0.2) is 0 Å². The van der Waals surface area contributed by atoms with Crippen LogP contribution in [0.25, 0.3) is 0 Å². The van der Waals surface area contributed by atoms with E-state index in [1.54, 1.807) is 4.90 Å². The molecule has 0 saturated carbocycles. The molecule has 1 heterocycles. The zero-order chi connectivity index (χ0) is 17.8. The Morgan fingerprint density at radius 3 is 2.72 bits per heavy atom. The fourth-order valence-corrected chi connectivity index (χ4v) is 3.11. The van der Waals surface area contributed by atoms with Crippen molar-refractivity contribution in [1.82, 2.24) is 5.32 Å². The van der Waals surface area contributed by atoms with Crippen molar-refractivity contribution >= 4 is 23.3 Å². The number of urea groups is 1. The molecule has 3 amide bonds. The minimum absolute atomic E-state index is 0.0698. The highest BCUT2D eigenvalue weighted by atomic mass is 16.2. The lowest BCUT2D eigenvalue weighted by molar-refractivity contribution is 0.0953. The molecule has 1 aliphatic rings. The van der Waals surface area contributed by atoms with Gasteiger partial charge in [-0.15, -0.1) is 0 Å². The van der Waals surface area contributed by atoms with E-state index in [0.717, 1.165) is 28.9 Å². The first-order valence-electron chi connectivity index (χ1n) is 8.65. The van der Waals surface area contributed by atoms with Crippen molar-refractivity contribution in [2.24, 2.45) is 0 Å². The van der Waals surface area contributed by atoms with Gasteiger partial charge in [0.25, 0.3) is 5.91 Å². The summed E-state index contributed by atoms with van der Waals surface area (Å²) in [6, 6.07) is 13.1. The summed E-state index contributed by atoms with van der Waals surface area (Å²) in [6.07, 6.45) is 1.58. The van der Waals surface area contributed by atoms with E-state index < -0.39 is 0 Å². The molecule has 0 aromatic heterocycles. The van der Waals surface area contributed by atoms with E-state index in [1.807, 2.05) is 56.3 Å². The summed E-state index contributed by atoms with van der Waals surface area (Å²) < 4.78 is 0. The SMILES string of the molecule is CCCNC(=O)c1cccc2c1CCN2C(=O)Nc1cccc(C)c1. The fourth-order valence-electron chi connectivity index (χ4n) is 3.11. The number of benzene rings is 2. The van der Waals surface area contributed by atoms with Gasteiger partial charge in [0.1, 0.15) is 0 Å². The maximum absolute atomic E-state index is 12.7. The summed E-state index contributed by atoms with van der Waals surface area (Å²) in [6.45, 7) is 5.24. The van der Waals surface area contributed by atoms with Crippen LogP contribution in [0.3, 0.4) is 0 Å². The van der Waals surface area contributed by atoms with E-state index in [-0.39, 0.29) is 11.9 Å². The van der Waals surface area contributed by atoms with E-state index in [0.29, 0.717) is 25.1 Å². The minimum atomic E-state index is -0.171. The van der Waals surface area contributed by atoms with Gasteiger partial charge in [0.05, 0.1) is 0 Å². The van der Waals surface area contributed by atoms with Crippen LogP contribution in [0.5, 0.6) is 0 Å². The quantitative estimate of drug-likeness (QED) is 0.893. The van der Waals surface area contributed by atoms with Crippen LogP contribution in [0.1, 0.15) is 34.8 Å². The van der Waals surface area contributed by atoms with Gasteiger partial charge >= 0.3 is 6.03 Å². The number of hydrogen-bond acceptors (Lipinski definition) is 2. The molecule has 0 aliphatic carbocycles. The Morgan fingerprint density at radius 2 is 1.96 bits per heavy atom. The Labute approximate surface area is 148 Å². The summed E-state index contributed by atoms with van der Waals surface area (Å²) >= 11 is 0. The largest absolute Gasteiger partial charge is 0.352 e. The van der Waals surface area contributed by atoms with Crippen LogP contribution in [-0.4, -0.2) is 25.0 Å². The van der Waals surface area contributed by atoms with Crippen molar-refractivity contribution < 1.29 is 9.59 Å². The summed E-state index contributed by atoms with van der Waals surface area (Å²) in [4.78, 5) is 26.7. The molecule has 0 bridgehead atoms. The van der Waals surface area contributed by atoms with Gasteiger partial charge in [-0.3, -0.25) is 9.69 Å². The number of nitrogens with zero attached hydrogens (tertiary/aromatic N) is 1. The second kappa shape index (κ2) is 7.38. The van der Waals surface area contributed by atoms with Crippen LogP contribution in [0.2, 0.25) is 0 Å². The van der Waals surface area contributed by atoms with Crippen LogP contribution in [0.4, 0.5) is 16.2 Å². The molecule has 0 saturated heterocycles. The number of carbonyl (C=O) groups is 2. The van der Waals surface area contributed by atoms with Gasteiger partial charge in [0.2, 0.25) is 0 Å². The van der Waals surface area contributed by atoms with E-state index >= 15 is 0 Å². The monoisotopic (exact) mass is 337 g/mol. The highest BCUT2D eigenvalue weighted by molar-refractivity contribution is 6.05. The molecule has 130 valence electrons. The van der Waals surface area contributed by atoms with Crippen molar-refractivity contribution in [3.8, 4) is 0 Å². The molecule has 5 nitrogen and oxygen atoms in total. The molecule has 2 N–H and O–H groups in total. The zero-order valence-electron chi connectivity index (χ0n) is 14.6. The maximum Gasteiger partial charge on any atom is 0.326 e. The van der Waals surface area contributed by atoms with Crippen molar-refractivity contribution in [1.29, 1.82) is 0 Å². The Bertz CT molecular complexity index is 801. The summed E-state index contributed by atoms with van der Waals surface area (Å²) in [5, 5.41) is 5.85. The molecule has 5 heteroatoms. The Morgan fingerprint density at radius 1 is 1.16 bits per heavy atom. The second-order valence-electron chi connectivity index (χ2n) is 6.26. The molecular weight excluding hydrogens is 314 g/mol. The van der Waals surface area contributed by atoms with E-state index in [1.165, 1.54) is 0 Å². The smallest absolute Gasteiger partial charge is 0.326 e. The van der Waals surface area contributed by atoms with Crippen LogP contribution in [-0.2, 0) is 6.42 Å². The molecule has 0 spiro atoms. The van der Waals surface area contributed by atoms with Crippen LogP contribution >= 0.6 is 0 Å². The highest BCUT2D eigenvalue weighted by Crippen LogP contribution is 2.31. The van der Waals surface area contributed by atoms with Crippen molar-refractivity contribution in [2.45, 2.75) is 26.7 Å². The van der Waals surface area contributed by atoms with E-state index in [9.17, 15) is 9.59 Å². The first kappa shape index (κ1) is 17.0. The number of carbonyl (C=O) groups excluding carboxylic acids is 2. The van der Waals surface area contributed by atoms with Gasteiger partial charge in [-0.05, 0) is 55.2 Å². The van der Waals surface area contributed by atoms with Crippen LogP contribution < -0.4 is 15.5 Å². The lowest BCUT2D eigenvalue weighted by Crippen LogP contribution is -2.33. The molecule has 25 heavy (non-hydrogen) atoms. The lowest BCUT2D eigenvalue weighted by Gasteiger charge is -2.18. The minimum Gasteiger partial charge on any atom is -0.352 e. The van der Waals surface area contributed by atoms with Crippen molar-refractivity contribution in [2.75, 3.05) is 23.3 Å². The summed E-state index contributed by atoms with van der Waals surface area (Å²) in [5.74, 6) is -0.0698. The predicted molar refractivity (Wildman–Crippen MR) is 100 cm³/mol. The summed E-state index contributed by atoms with van der Waals surface area (Å²) in [5.41, 5.74) is 4.28. The first-order chi connectivity index (χ1) is 12.1. The van der Waals surface area contributed by atoms with Crippen LogP contribution in [0.15, 0.2) is 42.5 Å². The standard InChI is InChI=1S/C20H23N3O2/c1-3-11-21-19(24)17-8-5-9-18-16(17)10-12-23(18)20(25)22-15-7-4-6-14(2)13-15/h4-9,13H,3,10-12H2,1-2H3,(H,21,24)(H,22,25). The molecule has 3 rings (SSSR count). The third-order valence-corrected chi connectivity index (χ3v) is 4.32. The second-order valence-corrected chi connectivity index (χ2v) is 6.26. The number of amides is 3. The molecule has 2 aromatic carbocycles. The Balaban J connectivity index is 1.79. The molecule has 0 unspecified atom stereocenters. The highest BCUT2D eigenvalue weighted by Gasteiger charge is 2.28. The topological polar surface area (TPSA) is 61.4 Å². The maximum atomic E-state index is 12.7. The number of fused-ring (bicyclic) bond motifs is 1. The van der Waals surface area contributed by atoms with Gasteiger partial charge in [-0.1, -0.05) is 25.1 Å². The average Bonchev–Trinajstić information content (AvgIpc) is 3.03. The first-order valence-corrected chi connectivity index (χ1v) is 8.65. The number of rotatable bonds is 4. The fraction of sp³-hybridized carbons (Fsp3) is 0.300. The van der Waals surface area contributed by atoms with Crippen molar-refractivity contribution in [3.63, 3.8) is 0 Å². The molecule has 2 aromatic rings. The molecule has 0 radical (unpaired) electrons. The third-order valence-electron chi connectivity index (χ3n) is 4.32. The Hall–Kier alpha value is -2.82. The molecular formula is C20H23N3O2. The average molecular weight is 337 g/mol. The zero-order valence-corrected chi connectivity index (χ0v) is 14.6. The van der Waals surface area contributed by atoms with Gasteiger partial charge in [-0.25, -0.2) is 4.79 Å². The van der Waals surface area contributed by atoms with E-state index in [4.69, 9.17) is 0 Å². The normalized spacial score (nSPS) is 12.6. The van der Waals surface area contributed by atoms with E-state index in [2.05, 4.69) is 10.6 Å². The number of aryl methyl sites for hydroxylation is 1. The Kier molecular flexibility index (Phi) is 5.03. The van der Waals surface area contributed by atoms with Crippen LogP contribution in [0, 0.1) is 6.92 Å². The molecule has 0 fully saturated rings. The van der Waals surface area contributed by atoms with Crippen molar-refractivity contribution in [3.05, 3.63) is 59.2 Å². The summed E-state index contributed by atoms with van der Waals surface area (Å²) in [7, 11) is 0. The number of anilines is 2. The molecule has 1 aliphatic heterocycles. The lowest BCUT2D eigenvalue weighted by atomic mass is 10.0.